The van der Waals surface area contributed by atoms with Gasteiger partial charge in [-0.15, -0.1) is 0 Å². The highest BCUT2D eigenvalue weighted by Crippen LogP contribution is 2.21. The van der Waals surface area contributed by atoms with Gasteiger partial charge in [0, 0.05) is 12.5 Å². The van der Waals surface area contributed by atoms with E-state index in [2.05, 4.69) is 5.16 Å². The van der Waals surface area contributed by atoms with E-state index in [-0.39, 0.29) is 47.2 Å². The van der Waals surface area contributed by atoms with Crippen molar-refractivity contribution in [2.45, 2.75) is 20.1 Å². The lowest BCUT2D eigenvalue weighted by Gasteiger charge is -2.08. The van der Waals surface area contributed by atoms with Gasteiger partial charge in [0.2, 0.25) is 18.0 Å². The van der Waals surface area contributed by atoms with E-state index in [0.717, 1.165) is 6.21 Å². The molecule has 0 radical (unpaired) electrons. The number of halogens is 1. The molecule has 2 aromatic rings. The molecular formula is C16H17BrN2O4. The first kappa shape index (κ1) is 18.8. The molecule has 0 fully saturated rings. The van der Waals surface area contributed by atoms with E-state index in [1.54, 1.807) is 42.0 Å². The van der Waals surface area contributed by atoms with Crippen LogP contribution in [0.5, 0.6) is 5.75 Å². The van der Waals surface area contributed by atoms with E-state index in [1.807, 2.05) is 6.07 Å². The molecule has 0 saturated carbocycles. The fraction of sp³-hybridized carbons (Fsp3) is 0.188. The van der Waals surface area contributed by atoms with Crippen LogP contribution in [0.25, 0.3) is 0 Å². The molecule has 0 unspecified atom stereocenters. The van der Waals surface area contributed by atoms with E-state index < -0.39 is 0 Å². The number of aromatic hydroxyl groups is 1. The molecule has 1 heterocycles. The third-order valence-electron chi connectivity index (χ3n) is 3.45. The van der Waals surface area contributed by atoms with Crippen molar-refractivity contribution in [2.24, 2.45) is 5.16 Å². The Balaban J connectivity index is 0.00000264. The third kappa shape index (κ3) is 4.14. The van der Waals surface area contributed by atoms with Gasteiger partial charge in [-0.05, 0) is 0 Å². The van der Waals surface area contributed by atoms with E-state index in [9.17, 15) is 15.0 Å². The zero-order chi connectivity index (χ0) is 16.1. The van der Waals surface area contributed by atoms with Gasteiger partial charge < -0.3 is 32.4 Å². The number of nitrogens with zero attached hydrogens (tertiary/aromatic N) is 2. The van der Waals surface area contributed by atoms with Crippen LogP contribution in [-0.2, 0) is 13.2 Å². The van der Waals surface area contributed by atoms with Gasteiger partial charge in [-0.3, -0.25) is 4.79 Å². The van der Waals surface area contributed by atoms with Crippen LogP contribution in [0.2, 0.25) is 0 Å². The second kappa shape index (κ2) is 8.40. The van der Waals surface area contributed by atoms with Crippen molar-refractivity contribution >= 4 is 12.0 Å². The van der Waals surface area contributed by atoms with Crippen molar-refractivity contribution in [1.29, 1.82) is 0 Å². The van der Waals surface area contributed by atoms with E-state index in [4.69, 9.17) is 5.21 Å². The molecule has 0 aliphatic heterocycles. The number of Topliss-reactive ketones (excluding diaryl/α,β-unsaturated/α-hetero) is 1. The molecule has 23 heavy (non-hydrogen) atoms. The minimum absolute atomic E-state index is 0. The molecule has 6 nitrogen and oxygen atoms in total. The smallest absolute Gasteiger partial charge is 0.227 e. The van der Waals surface area contributed by atoms with Crippen LogP contribution in [0.4, 0.5) is 0 Å². The Labute approximate surface area is 144 Å². The van der Waals surface area contributed by atoms with Gasteiger partial charge in [-0.2, -0.15) is 4.57 Å². The third-order valence-corrected chi connectivity index (χ3v) is 3.45. The highest BCUT2D eigenvalue weighted by Gasteiger charge is 2.22. The number of benzene rings is 1. The molecule has 0 amide bonds. The van der Waals surface area contributed by atoms with Crippen molar-refractivity contribution in [2.75, 3.05) is 0 Å². The number of aromatic nitrogens is 1. The summed E-state index contributed by atoms with van der Waals surface area (Å²) in [6.45, 7) is 1.32. The lowest BCUT2D eigenvalue weighted by atomic mass is 10.1. The molecule has 0 bridgehead atoms. The molecule has 0 spiro atoms. The molecular weight excluding hydrogens is 364 g/mol. The van der Waals surface area contributed by atoms with Gasteiger partial charge in [-0.25, -0.2) is 0 Å². The number of oxime groups is 1. The van der Waals surface area contributed by atoms with Gasteiger partial charge in [0.15, 0.2) is 11.9 Å². The molecule has 0 aliphatic rings. The number of aliphatic hydroxyl groups excluding tert-OH is 1. The molecule has 122 valence electrons. The molecule has 7 heteroatoms. The number of hydrogen-bond donors (Lipinski definition) is 3. The van der Waals surface area contributed by atoms with Crippen molar-refractivity contribution in [3.8, 4) is 5.75 Å². The summed E-state index contributed by atoms with van der Waals surface area (Å²) in [5.41, 5.74) is 1.60. The van der Waals surface area contributed by atoms with E-state index >= 15 is 0 Å². The molecule has 0 aliphatic carbocycles. The first-order valence-electron chi connectivity index (χ1n) is 6.70. The van der Waals surface area contributed by atoms with E-state index in [1.165, 1.54) is 0 Å². The van der Waals surface area contributed by atoms with Crippen molar-refractivity contribution in [1.82, 2.24) is 0 Å². The van der Waals surface area contributed by atoms with Crippen LogP contribution in [-0.4, -0.2) is 27.4 Å². The monoisotopic (exact) mass is 380 g/mol. The molecule has 1 aromatic carbocycles. The number of carbonyl (C=O) groups excluding carboxylic acids is 1. The summed E-state index contributed by atoms with van der Waals surface area (Å²) >= 11 is 0. The summed E-state index contributed by atoms with van der Waals surface area (Å²) in [6, 6.07) is 8.83. The van der Waals surface area contributed by atoms with Crippen LogP contribution in [0, 0.1) is 6.92 Å². The summed E-state index contributed by atoms with van der Waals surface area (Å²) in [5, 5.41) is 31.1. The second-order valence-corrected chi connectivity index (χ2v) is 4.82. The largest absolute Gasteiger partial charge is 1.00 e. The van der Waals surface area contributed by atoms with Crippen LogP contribution in [0.15, 0.2) is 41.7 Å². The number of hydrogen-bond acceptors (Lipinski definition) is 5. The maximum absolute atomic E-state index is 12.3. The van der Waals surface area contributed by atoms with Crippen LogP contribution < -0.4 is 21.5 Å². The summed E-state index contributed by atoms with van der Waals surface area (Å²) < 4.78 is 1.56. The highest BCUT2D eigenvalue weighted by atomic mass is 79.9. The van der Waals surface area contributed by atoms with Gasteiger partial charge in [0.25, 0.3) is 0 Å². The average molecular weight is 381 g/mol. The lowest BCUT2D eigenvalue weighted by molar-refractivity contribution is -0.690. The fourth-order valence-electron chi connectivity index (χ4n) is 2.20. The normalized spacial score (nSPS) is 10.5. The number of carbonyl (C=O) groups is 1. The first-order chi connectivity index (χ1) is 10.6. The zero-order valence-electron chi connectivity index (χ0n) is 12.5. The predicted molar refractivity (Wildman–Crippen MR) is 79.1 cm³/mol. The second-order valence-electron chi connectivity index (χ2n) is 4.82. The van der Waals surface area contributed by atoms with Crippen molar-refractivity contribution in [3.63, 3.8) is 0 Å². The minimum Gasteiger partial charge on any atom is -1.00 e. The Hall–Kier alpha value is -2.25. The quantitative estimate of drug-likeness (QED) is 0.187. The molecule has 0 saturated heterocycles. The van der Waals surface area contributed by atoms with Crippen molar-refractivity contribution in [3.05, 3.63) is 58.9 Å². The summed E-state index contributed by atoms with van der Waals surface area (Å²) in [5.74, 6) is -0.245. The predicted octanol–water partition coefficient (Wildman–Crippen LogP) is -1.82. The number of rotatable bonds is 5. The fourth-order valence-corrected chi connectivity index (χ4v) is 2.20. The van der Waals surface area contributed by atoms with Crippen molar-refractivity contribution < 1.29 is 41.8 Å². The maximum atomic E-state index is 12.3. The van der Waals surface area contributed by atoms with Crippen LogP contribution in [0.3, 0.4) is 0 Å². The van der Waals surface area contributed by atoms with Gasteiger partial charge in [0.1, 0.15) is 0 Å². The van der Waals surface area contributed by atoms with Gasteiger partial charge >= 0.3 is 0 Å². The standard InChI is InChI=1S/C16H16N2O4.BrH/c1-11-16(21)14(7-17-22)13(10-19)8-18(11)9-15(20)12-5-3-2-4-6-12;/h2-8,19,21H,9-10H2,1H3;1H. The maximum Gasteiger partial charge on any atom is 0.227 e. The first-order valence-corrected chi connectivity index (χ1v) is 6.70. The molecule has 0 atom stereocenters. The lowest BCUT2D eigenvalue weighted by Crippen LogP contribution is -3.00. The van der Waals surface area contributed by atoms with Crippen LogP contribution >= 0.6 is 0 Å². The van der Waals surface area contributed by atoms with E-state index in [0.29, 0.717) is 16.8 Å². The Morgan fingerprint density at radius 3 is 2.52 bits per heavy atom. The summed E-state index contributed by atoms with van der Waals surface area (Å²) in [7, 11) is 0. The number of aliphatic hydroxyl groups is 1. The Morgan fingerprint density at radius 1 is 1.30 bits per heavy atom. The van der Waals surface area contributed by atoms with Gasteiger partial charge in [-0.1, -0.05) is 35.5 Å². The topological polar surface area (TPSA) is 94.0 Å². The Morgan fingerprint density at radius 2 is 1.96 bits per heavy atom. The number of ketones is 1. The summed E-state index contributed by atoms with van der Waals surface area (Å²) in [6.07, 6.45) is 2.62. The Kier molecular flexibility index (Phi) is 6.87. The average Bonchev–Trinajstić information content (AvgIpc) is 2.55. The van der Waals surface area contributed by atoms with Gasteiger partial charge in [0.05, 0.1) is 23.9 Å². The van der Waals surface area contributed by atoms with Crippen LogP contribution in [0.1, 0.15) is 27.2 Å². The molecule has 3 N–H and O–H groups in total. The highest BCUT2D eigenvalue weighted by molar-refractivity contribution is 5.95. The summed E-state index contributed by atoms with van der Waals surface area (Å²) in [4.78, 5) is 12.3. The minimum atomic E-state index is -0.352. The number of pyridine rings is 1. The molecule has 1 aromatic heterocycles. The zero-order valence-corrected chi connectivity index (χ0v) is 14.1. The Bertz CT molecular complexity index is 718. The molecule has 2 rings (SSSR count). The SMILES string of the molecule is Cc1c(O)c(C=NO)c(CO)c[n+]1CC(=O)c1ccccc1.[Br-].